The summed E-state index contributed by atoms with van der Waals surface area (Å²) in [6, 6.07) is 13.6. The molecule has 0 spiro atoms. The second-order valence-corrected chi connectivity index (χ2v) is 7.48. The molecule has 0 radical (unpaired) electrons. The van der Waals surface area contributed by atoms with Crippen molar-refractivity contribution < 1.29 is 9.66 Å². The van der Waals surface area contributed by atoms with Crippen molar-refractivity contribution in [3.05, 3.63) is 63.7 Å². The van der Waals surface area contributed by atoms with Crippen LogP contribution in [0.2, 0.25) is 0 Å². The first-order valence-corrected chi connectivity index (χ1v) is 8.87. The number of hydrogen-bond acceptors (Lipinski definition) is 4. The number of ether oxygens (including phenoxy) is 1. The van der Waals surface area contributed by atoms with Gasteiger partial charge in [-0.25, -0.2) is 0 Å². The van der Waals surface area contributed by atoms with Gasteiger partial charge in [0.15, 0.2) is 5.72 Å². The molecule has 0 amide bonds. The van der Waals surface area contributed by atoms with E-state index >= 15 is 0 Å². The van der Waals surface area contributed by atoms with Crippen LogP contribution in [0.15, 0.2) is 42.5 Å². The quantitative estimate of drug-likeness (QED) is 0.579. The zero-order valence-corrected chi connectivity index (χ0v) is 14.2. The first kappa shape index (κ1) is 14.8. The normalized spacial score (nSPS) is 29.1. The Hall–Kier alpha value is -2.56. The zero-order chi connectivity index (χ0) is 17.2. The molecule has 0 N–H and O–H groups in total. The van der Waals surface area contributed by atoms with Gasteiger partial charge in [-0.3, -0.25) is 10.1 Å². The minimum Gasteiger partial charge on any atom is -0.467 e. The van der Waals surface area contributed by atoms with E-state index in [1.54, 1.807) is 18.2 Å². The number of likely N-dealkylation sites (N-methyl/N-ethyl adjacent to an activating group) is 1. The van der Waals surface area contributed by atoms with Gasteiger partial charge in [0.05, 0.1) is 10.3 Å². The molecule has 2 aliphatic heterocycles. The fourth-order valence-corrected chi connectivity index (χ4v) is 5.39. The Balaban J connectivity index is 1.74. The number of nitro groups is 1. The summed E-state index contributed by atoms with van der Waals surface area (Å²) >= 11 is 0. The predicted molar refractivity (Wildman–Crippen MR) is 95.2 cm³/mol. The molecule has 25 heavy (non-hydrogen) atoms. The molecule has 1 saturated carbocycles. The lowest BCUT2D eigenvalue weighted by Crippen LogP contribution is -2.65. The van der Waals surface area contributed by atoms with Crippen molar-refractivity contribution in [2.75, 3.05) is 11.9 Å². The van der Waals surface area contributed by atoms with Crippen LogP contribution in [-0.2, 0) is 11.8 Å². The smallest absolute Gasteiger partial charge is 0.269 e. The van der Waals surface area contributed by atoms with Crippen LogP contribution in [0, 0.1) is 10.1 Å². The van der Waals surface area contributed by atoms with Crippen molar-refractivity contribution in [3.8, 4) is 5.75 Å². The van der Waals surface area contributed by atoms with Gasteiger partial charge in [-0.15, -0.1) is 0 Å². The van der Waals surface area contributed by atoms with Crippen molar-refractivity contribution in [1.82, 2.24) is 0 Å². The van der Waals surface area contributed by atoms with Crippen LogP contribution in [0.1, 0.15) is 36.8 Å². The lowest BCUT2D eigenvalue weighted by Gasteiger charge is -2.55. The summed E-state index contributed by atoms with van der Waals surface area (Å²) in [6.45, 7) is 0. The number of non-ortho nitro benzene ring substituents is 1. The molecule has 5 heteroatoms. The molecule has 0 aromatic heterocycles. The van der Waals surface area contributed by atoms with Crippen molar-refractivity contribution >= 4 is 11.4 Å². The minimum absolute atomic E-state index is 0.126. The molecule has 1 fully saturated rings. The van der Waals surface area contributed by atoms with Crippen molar-refractivity contribution in [3.63, 3.8) is 0 Å². The second kappa shape index (κ2) is 4.75. The molecule has 2 atom stereocenters. The molecule has 2 unspecified atom stereocenters. The maximum Gasteiger partial charge on any atom is 0.269 e. The standard InChI is InChI=1S/C20H20N2O3/c1-21-17-7-3-2-6-16(17)19-10-4-5-11-20(19,21)25-18-9-8-15(22(23)24)12-14(18)13-19/h2-3,6-9,12H,4-5,10-11,13H2,1H3. The third-order valence-electron chi connectivity index (χ3n) is 6.47. The van der Waals surface area contributed by atoms with Crippen LogP contribution in [0.25, 0.3) is 0 Å². The molecule has 0 saturated heterocycles. The Bertz CT molecular complexity index is 896. The summed E-state index contributed by atoms with van der Waals surface area (Å²) in [5.41, 5.74) is 3.15. The van der Waals surface area contributed by atoms with E-state index in [4.69, 9.17) is 4.74 Å². The number of hydrogen-bond donors (Lipinski definition) is 0. The Morgan fingerprint density at radius 1 is 1.16 bits per heavy atom. The summed E-state index contributed by atoms with van der Waals surface area (Å²) in [7, 11) is 2.13. The first-order chi connectivity index (χ1) is 12.1. The van der Waals surface area contributed by atoms with Gasteiger partial charge in [0.25, 0.3) is 5.69 Å². The highest BCUT2D eigenvalue weighted by molar-refractivity contribution is 5.68. The molecule has 5 rings (SSSR count). The summed E-state index contributed by atoms with van der Waals surface area (Å²) < 4.78 is 6.67. The fourth-order valence-electron chi connectivity index (χ4n) is 5.39. The van der Waals surface area contributed by atoms with Crippen molar-refractivity contribution in [2.45, 2.75) is 43.2 Å². The largest absolute Gasteiger partial charge is 0.467 e. The molecule has 2 aromatic carbocycles. The second-order valence-electron chi connectivity index (χ2n) is 7.48. The van der Waals surface area contributed by atoms with Crippen molar-refractivity contribution in [2.24, 2.45) is 0 Å². The van der Waals surface area contributed by atoms with Crippen LogP contribution in [-0.4, -0.2) is 17.7 Å². The van der Waals surface area contributed by atoms with Gasteiger partial charge in [0, 0.05) is 36.9 Å². The molecule has 128 valence electrons. The summed E-state index contributed by atoms with van der Waals surface area (Å²) in [4.78, 5) is 13.2. The van der Waals surface area contributed by atoms with E-state index in [0.717, 1.165) is 43.4 Å². The number of rotatable bonds is 1. The molecule has 1 aliphatic carbocycles. The van der Waals surface area contributed by atoms with E-state index in [1.165, 1.54) is 11.3 Å². The monoisotopic (exact) mass is 336 g/mol. The van der Waals surface area contributed by atoms with Gasteiger partial charge in [-0.1, -0.05) is 24.6 Å². The topological polar surface area (TPSA) is 55.6 Å². The van der Waals surface area contributed by atoms with Gasteiger partial charge >= 0.3 is 0 Å². The molecule has 0 bridgehead atoms. The van der Waals surface area contributed by atoms with E-state index in [0.29, 0.717) is 0 Å². The summed E-state index contributed by atoms with van der Waals surface area (Å²) in [5, 5.41) is 11.2. The molecule has 5 nitrogen and oxygen atoms in total. The first-order valence-electron chi connectivity index (χ1n) is 8.87. The Labute approximate surface area is 146 Å². The number of benzene rings is 2. The molecule has 3 aliphatic rings. The molecular weight excluding hydrogens is 316 g/mol. The molecule has 2 aromatic rings. The van der Waals surface area contributed by atoms with Crippen LogP contribution in [0.3, 0.4) is 0 Å². The third-order valence-corrected chi connectivity index (χ3v) is 6.47. The number of fused-ring (bicyclic) bond motifs is 2. The third kappa shape index (κ3) is 1.68. The van der Waals surface area contributed by atoms with E-state index in [9.17, 15) is 10.1 Å². The Morgan fingerprint density at radius 3 is 2.80 bits per heavy atom. The highest BCUT2D eigenvalue weighted by Gasteiger charge is 2.65. The highest BCUT2D eigenvalue weighted by atomic mass is 16.6. The van der Waals surface area contributed by atoms with Crippen LogP contribution >= 0.6 is 0 Å². The van der Waals surface area contributed by atoms with Gasteiger partial charge in [0.2, 0.25) is 0 Å². The predicted octanol–water partition coefficient (Wildman–Crippen LogP) is 4.19. The van der Waals surface area contributed by atoms with Crippen molar-refractivity contribution in [1.29, 1.82) is 0 Å². The lowest BCUT2D eigenvalue weighted by molar-refractivity contribution is -0.385. The average Bonchev–Trinajstić information content (AvgIpc) is 2.85. The van der Waals surface area contributed by atoms with E-state index < -0.39 is 0 Å². The lowest BCUT2D eigenvalue weighted by atomic mass is 9.61. The van der Waals surface area contributed by atoms with E-state index in [-0.39, 0.29) is 21.8 Å². The number of anilines is 1. The van der Waals surface area contributed by atoms with Gasteiger partial charge in [-0.05, 0) is 37.0 Å². The van der Waals surface area contributed by atoms with Gasteiger partial charge in [-0.2, -0.15) is 0 Å². The minimum atomic E-state index is -0.377. The Morgan fingerprint density at radius 2 is 1.96 bits per heavy atom. The summed E-state index contributed by atoms with van der Waals surface area (Å²) in [5.74, 6) is 0.794. The van der Waals surface area contributed by atoms with Crippen LogP contribution < -0.4 is 9.64 Å². The zero-order valence-electron chi connectivity index (χ0n) is 14.2. The summed E-state index contributed by atoms with van der Waals surface area (Å²) in [6.07, 6.45) is 5.14. The average molecular weight is 336 g/mol. The van der Waals surface area contributed by atoms with Gasteiger partial charge < -0.3 is 9.64 Å². The number of nitro benzene ring substituents is 1. The molecular formula is C20H20N2O3. The van der Waals surface area contributed by atoms with E-state index in [2.05, 4.69) is 36.2 Å². The number of para-hydroxylation sites is 1. The fraction of sp³-hybridized carbons (Fsp3) is 0.400. The maximum absolute atomic E-state index is 11.2. The maximum atomic E-state index is 11.2. The SMILES string of the molecule is CN1c2ccccc2C23CCCCC12Oc1ccc([N+](=O)[O-])cc1C3. The van der Waals surface area contributed by atoms with E-state index in [1.807, 2.05) is 0 Å². The Kier molecular flexibility index (Phi) is 2.80. The van der Waals surface area contributed by atoms with Gasteiger partial charge in [0.1, 0.15) is 5.75 Å². The molecule has 2 heterocycles. The number of nitrogens with zero attached hydrogens (tertiary/aromatic N) is 2. The highest BCUT2D eigenvalue weighted by Crippen LogP contribution is 2.62. The van der Waals surface area contributed by atoms with Crippen LogP contribution in [0.5, 0.6) is 5.75 Å². The van der Waals surface area contributed by atoms with Crippen LogP contribution in [0.4, 0.5) is 11.4 Å².